The molecule has 25 heavy (non-hydrogen) atoms. The van der Waals surface area contributed by atoms with Crippen LogP contribution in [0.1, 0.15) is 37.4 Å². The van der Waals surface area contributed by atoms with Crippen molar-refractivity contribution >= 4 is 18.3 Å². The van der Waals surface area contributed by atoms with Crippen molar-refractivity contribution < 1.29 is 19.4 Å². The normalized spacial score (nSPS) is 15.8. The Balaban J connectivity index is 0.00000312. The van der Waals surface area contributed by atoms with E-state index in [0.29, 0.717) is 29.4 Å². The van der Waals surface area contributed by atoms with Crippen LogP contribution in [0.15, 0.2) is 18.2 Å². The largest absolute Gasteiger partial charge is 0.497 e. The average molecular weight is 373 g/mol. The molecule has 0 spiro atoms. The van der Waals surface area contributed by atoms with Crippen LogP contribution < -0.4 is 20.1 Å². The zero-order chi connectivity index (χ0) is 17.4. The van der Waals surface area contributed by atoms with Gasteiger partial charge in [-0.15, -0.1) is 12.4 Å². The van der Waals surface area contributed by atoms with Gasteiger partial charge in [0.1, 0.15) is 11.5 Å². The first-order valence-corrected chi connectivity index (χ1v) is 8.51. The second-order valence-electron chi connectivity index (χ2n) is 6.20. The number of rotatable bonds is 8. The van der Waals surface area contributed by atoms with Crippen LogP contribution in [0.25, 0.3) is 0 Å². The monoisotopic (exact) mass is 372 g/mol. The number of carbonyl (C=O) groups excluding carboxylic acids is 1. The number of nitrogens with one attached hydrogen (secondary N) is 2. The van der Waals surface area contributed by atoms with Crippen LogP contribution in [-0.2, 0) is 4.79 Å². The fraction of sp³-hybridized carbons (Fsp3) is 0.611. The summed E-state index contributed by atoms with van der Waals surface area (Å²) >= 11 is 0. The van der Waals surface area contributed by atoms with Gasteiger partial charge in [0.05, 0.1) is 20.3 Å². The SMILES string of the molecule is COc1cc(OC)cc(C(O)CNC(=O)CCC2CCNCC2)c1.Cl. The topological polar surface area (TPSA) is 79.8 Å². The second-order valence-corrected chi connectivity index (χ2v) is 6.20. The molecule has 0 bridgehead atoms. The van der Waals surface area contributed by atoms with Crippen molar-refractivity contribution in [3.05, 3.63) is 23.8 Å². The van der Waals surface area contributed by atoms with Crippen molar-refractivity contribution in [2.45, 2.75) is 31.8 Å². The molecule has 6 nitrogen and oxygen atoms in total. The molecule has 1 saturated heterocycles. The number of benzene rings is 1. The van der Waals surface area contributed by atoms with Gasteiger partial charge in [0, 0.05) is 19.0 Å². The van der Waals surface area contributed by atoms with Gasteiger partial charge < -0.3 is 25.2 Å². The Hall–Kier alpha value is -1.50. The fourth-order valence-electron chi connectivity index (χ4n) is 2.94. The second kappa shape index (κ2) is 11.2. The molecule has 1 aliphatic heterocycles. The number of aliphatic hydroxyl groups is 1. The third-order valence-electron chi connectivity index (χ3n) is 4.49. The molecule has 1 fully saturated rings. The zero-order valence-electron chi connectivity index (χ0n) is 14.9. The van der Waals surface area contributed by atoms with E-state index in [2.05, 4.69) is 10.6 Å². The Morgan fingerprint density at radius 2 is 1.84 bits per heavy atom. The summed E-state index contributed by atoms with van der Waals surface area (Å²) in [6, 6.07) is 5.23. The highest BCUT2D eigenvalue weighted by Gasteiger charge is 2.16. The predicted molar refractivity (Wildman–Crippen MR) is 99.6 cm³/mol. The van der Waals surface area contributed by atoms with Crippen LogP contribution in [0.5, 0.6) is 11.5 Å². The van der Waals surface area contributed by atoms with E-state index in [1.54, 1.807) is 32.4 Å². The van der Waals surface area contributed by atoms with Crippen molar-refractivity contribution in [2.75, 3.05) is 33.9 Å². The number of halogens is 1. The van der Waals surface area contributed by atoms with Crippen LogP contribution >= 0.6 is 12.4 Å². The highest BCUT2D eigenvalue weighted by Crippen LogP contribution is 2.26. The molecular weight excluding hydrogens is 344 g/mol. The molecule has 1 atom stereocenters. The summed E-state index contributed by atoms with van der Waals surface area (Å²) in [5.74, 6) is 1.84. The van der Waals surface area contributed by atoms with Gasteiger partial charge in [-0.05, 0) is 56.0 Å². The number of aliphatic hydroxyl groups excluding tert-OH is 1. The predicted octanol–water partition coefficient (Wildman–Crippen LogP) is 2.06. The van der Waals surface area contributed by atoms with Gasteiger partial charge in [0.15, 0.2) is 0 Å². The molecule has 1 heterocycles. The van der Waals surface area contributed by atoms with E-state index < -0.39 is 6.10 Å². The van der Waals surface area contributed by atoms with E-state index >= 15 is 0 Å². The summed E-state index contributed by atoms with van der Waals surface area (Å²) in [6.45, 7) is 2.27. The number of methoxy groups -OCH3 is 2. The summed E-state index contributed by atoms with van der Waals surface area (Å²) in [5.41, 5.74) is 0.657. The molecule has 2 rings (SSSR count). The van der Waals surface area contributed by atoms with Crippen molar-refractivity contribution in [3.63, 3.8) is 0 Å². The van der Waals surface area contributed by atoms with Crippen LogP contribution in [0.2, 0.25) is 0 Å². The lowest BCUT2D eigenvalue weighted by atomic mass is 9.93. The Labute approximate surface area is 155 Å². The molecule has 7 heteroatoms. The number of amides is 1. The summed E-state index contributed by atoms with van der Waals surface area (Å²) in [7, 11) is 3.13. The molecular formula is C18H29ClN2O4. The Morgan fingerprint density at radius 1 is 1.24 bits per heavy atom. The van der Waals surface area contributed by atoms with E-state index in [1.807, 2.05) is 0 Å². The quantitative estimate of drug-likeness (QED) is 0.651. The summed E-state index contributed by atoms with van der Waals surface area (Å²) in [6.07, 6.45) is 2.91. The maximum absolute atomic E-state index is 12.0. The lowest BCUT2D eigenvalue weighted by Crippen LogP contribution is -2.31. The minimum atomic E-state index is -0.795. The van der Waals surface area contributed by atoms with Crippen LogP contribution in [0.3, 0.4) is 0 Å². The smallest absolute Gasteiger partial charge is 0.220 e. The van der Waals surface area contributed by atoms with E-state index in [1.165, 1.54) is 0 Å². The minimum absolute atomic E-state index is 0. The molecule has 1 unspecified atom stereocenters. The Morgan fingerprint density at radius 3 is 2.40 bits per heavy atom. The van der Waals surface area contributed by atoms with Gasteiger partial charge in [0.25, 0.3) is 0 Å². The summed E-state index contributed by atoms with van der Waals surface area (Å²) in [5, 5.41) is 16.4. The first-order chi connectivity index (χ1) is 11.6. The number of hydrogen-bond acceptors (Lipinski definition) is 5. The van der Waals surface area contributed by atoms with Gasteiger partial charge in [-0.3, -0.25) is 4.79 Å². The first-order valence-electron chi connectivity index (χ1n) is 8.51. The first kappa shape index (κ1) is 21.5. The standard InChI is InChI=1S/C18H28N2O4.ClH/c1-23-15-9-14(10-16(11-15)24-2)17(21)12-20-18(22)4-3-13-5-7-19-8-6-13;/h9-11,13,17,19,21H,3-8,12H2,1-2H3,(H,20,22);1H. The zero-order valence-corrected chi connectivity index (χ0v) is 15.7. The number of hydrogen-bond donors (Lipinski definition) is 3. The van der Waals surface area contributed by atoms with Gasteiger partial charge in [-0.2, -0.15) is 0 Å². The van der Waals surface area contributed by atoms with Gasteiger partial charge >= 0.3 is 0 Å². The lowest BCUT2D eigenvalue weighted by Gasteiger charge is -2.22. The maximum atomic E-state index is 12.0. The summed E-state index contributed by atoms with van der Waals surface area (Å²) < 4.78 is 10.4. The molecule has 0 radical (unpaired) electrons. The molecule has 1 aromatic rings. The van der Waals surface area contributed by atoms with E-state index in [0.717, 1.165) is 32.4 Å². The molecule has 1 aliphatic rings. The highest BCUT2D eigenvalue weighted by atomic mass is 35.5. The summed E-state index contributed by atoms with van der Waals surface area (Å²) in [4.78, 5) is 12.0. The van der Waals surface area contributed by atoms with Gasteiger partial charge in [0.2, 0.25) is 5.91 Å². The number of piperidine rings is 1. The number of carbonyl (C=O) groups is 1. The average Bonchev–Trinajstić information content (AvgIpc) is 2.64. The lowest BCUT2D eigenvalue weighted by molar-refractivity contribution is -0.121. The van der Waals surface area contributed by atoms with Crippen LogP contribution in [0, 0.1) is 5.92 Å². The molecule has 142 valence electrons. The maximum Gasteiger partial charge on any atom is 0.220 e. The number of ether oxygens (including phenoxy) is 2. The van der Waals surface area contributed by atoms with E-state index in [4.69, 9.17) is 9.47 Å². The van der Waals surface area contributed by atoms with Crippen LogP contribution in [-0.4, -0.2) is 44.9 Å². The van der Waals surface area contributed by atoms with E-state index in [-0.39, 0.29) is 24.9 Å². The molecule has 0 aliphatic carbocycles. The molecule has 1 aromatic carbocycles. The van der Waals surface area contributed by atoms with Crippen molar-refractivity contribution in [1.82, 2.24) is 10.6 Å². The molecule has 3 N–H and O–H groups in total. The van der Waals surface area contributed by atoms with Crippen LogP contribution in [0.4, 0.5) is 0 Å². The minimum Gasteiger partial charge on any atom is -0.497 e. The molecule has 0 saturated carbocycles. The van der Waals surface area contributed by atoms with Crippen molar-refractivity contribution in [3.8, 4) is 11.5 Å². The Bertz CT molecular complexity index is 514. The van der Waals surface area contributed by atoms with Crippen molar-refractivity contribution in [1.29, 1.82) is 0 Å². The third kappa shape index (κ3) is 7.10. The van der Waals surface area contributed by atoms with Crippen molar-refractivity contribution in [2.24, 2.45) is 5.92 Å². The highest BCUT2D eigenvalue weighted by molar-refractivity contribution is 5.85. The van der Waals surface area contributed by atoms with Gasteiger partial charge in [-0.25, -0.2) is 0 Å². The molecule has 1 amide bonds. The third-order valence-corrected chi connectivity index (χ3v) is 4.49. The Kier molecular flexibility index (Phi) is 9.63. The van der Waals surface area contributed by atoms with Gasteiger partial charge in [-0.1, -0.05) is 0 Å². The molecule has 0 aromatic heterocycles. The fourth-order valence-corrected chi connectivity index (χ4v) is 2.94. The van der Waals surface area contributed by atoms with E-state index in [9.17, 15) is 9.90 Å².